The van der Waals surface area contributed by atoms with Gasteiger partial charge in [0.05, 0.1) is 0 Å². The average molecular weight is 614 g/mol. The van der Waals surface area contributed by atoms with Crippen LogP contribution < -0.4 is 0 Å². The number of halogens is 7. The molecule has 0 aliphatic rings. The first-order chi connectivity index (χ1) is 12.0. The molecular formula is C10H20AgClF6O6S2Si2-. The van der Waals surface area contributed by atoms with Crippen LogP contribution in [0, 0.1) is 0 Å². The zero-order valence-electron chi connectivity index (χ0n) is 15.2. The molecule has 0 aliphatic carbocycles. The summed E-state index contributed by atoms with van der Waals surface area (Å²) in [4.78, 5) is 0. The molecule has 0 radical (unpaired) electrons. The van der Waals surface area contributed by atoms with Crippen molar-refractivity contribution in [1.29, 1.82) is 0 Å². The van der Waals surface area contributed by atoms with Gasteiger partial charge in [-0.1, -0.05) is 25.7 Å². The van der Waals surface area contributed by atoms with Crippen LogP contribution in [0.2, 0.25) is 32.2 Å². The van der Waals surface area contributed by atoms with E-state index in [2.05, 4.69) is 30.5 Å². The van der Waals surface area contributed by atoms with Crippen LogP contribution >= 0.6 is 11.1 Å². The van der Waals surface area contributed by atoms with Crippen LogP contribution in [-0.4, -0.2) is 35.1 Å². The summed E-state index contributed by atoms with van der Waals surface area (Å²) in [6, 6.07) is 1.18. The molecule has 0 atom stereocenters. The molecule has 0 bridgehead atoms. The van der Waals surface area contributed by atoms with Gasteiger partial charge in [-0.15, -0.1) is 6.58 Å². The minimum atomic E-state index is -5.48. The Labute approximate surface area is 180 Å². The van der Waals surface area contributed by atoms with Gasteiger partial charge in [0.2, 0.25) is 8.32 Å². The summed E-state index contributed by atoms with van der Waals surface area (Å²) in [5.41, 5.74) is -9.34. The van der Waals surface area contributed by atoms with Gasteiger partial charge in [0.25, 0.3) is 0 Å². The minimum absolute atomic E-state index is 1.11. The van der Waals surface area contributed by atoms with E-state index in [-0.39, 0.29) is 0 Å². The molecule has 0 aliphatic heterocycles. The summed E-state index contributed by atoms with van der Waals surface area (Å²) in [7, 11) is -13.5. The molecule has 0 aromatic carbocycles. The Kier molecular flexibility index (Phi) is 18.5. The van der Waals surface area contributed by atoms with E-state index >= 15 is 0 Å². The van der Waals surface area contributed by atoms with Crippen LogP contribution in [0.1, 0.15) is 6.92 Å². The number of alkyl halides is 6. The summed E-state index contributed by atoms with van der Waals surface area (Å²) in [5, 5.41) is 0. The third-order valence-corrected chi connectivity index (χ3v) is 9.14. The van der Waals surface area contributed by atoms with Gasteiger partial charge >= 0.3 is 45.4 Å². The summed E-state index contributed by atoms with van der Waals surface area (Å²) in [6.07, 6.45) is 0. The Bertz CT molecular complexity index is 624. The van der Waals surface area contributed by atoms with Crippen molar-refractivity contribution >= 4 is 47.6 Å². The summed E-state index contributed by atoms with van der Waals surface area (Å²) in [5.74, 6) is 0. The fourth-order valence-electron chi connectivity index (χ4n) is 0.364. The van der Waals surface area contributed by atoms with Crippen molar-refractivity contribution in [1.82, 2.24) is 0 Å². The van der Waals surface area contributed by atoms with Crippen molar-refractivity contribution in [2.45, 2.75) is 50.2 Å². The fourth-order valence-corrected chi connectivity index (χ4v) is 3.28. The number of hydrogen-bond acceptors (Lipinski definition) is 7. The van der Waals surface area contributed by atoms with E-state index in [0.29, 0.717) is 0 Å². The molecule has 0 saturated carbocycles. The van der Waals surface area contributed by atoms with Gasteiger partial charge in [-0.25, -0.2) is 0 Å². The van der Waals surface area contributed by atoms with Gasteiger partial charge in [-0.2, -0.15) is 45.8 Å². The van der Waals surface area contributed by atoms with E-state index in [1.807, 2.05) is 0 Å². The first kappa shape index (κ1) is 35.9. The van der Waals surface area contributed by atoms with Crippen molar-refractivity contribution < 1.29 is 71.3 Å². The third-order valence-electron chi connectivity index (χ3n) is 2.13. The van der Waals surface area contributed by atoms with Crippen LogP contribution in [0.5, 0.6) is 0 Å². The second-order valence-corrected chi connectivity index (χ2v) is 19.3. The molecule has 0 spiro atoms. The molecule has 18 heteroatoms. The van der Waals surface area contributed by atoms with Crippen molar-refractivity contribution in [2.24, 2.45) is 0 Å². The summed E-state index contributed by atoms with van der Waals surface area (Å²) >= 11 is 7.56. The Morgan fingerprint density at radius 1 is 1.07 bits per heavy atom. The molecule has 177 valence electrons. The van der Waals surface area contributed by atoms with Crippen molar-refractivity contribution in [3.05, 3.63) is 12.3 Å². The van der Waals surface area contributed by atoms with Gasteiger partial charge in [-0.3, -0.25) is 0 Å². The first-order valence-electron chi connectivity index (χ1n) is 6.65. The Morgan fingerprint density at radius 3 is 1.43 bits per heavy atom. The molecule has 0 heterocycles. The van der Waals surface area contributed by atoms with E-state index in [4.69, 9.17) is 22.7 Å². The molecule has 0 rings (SSSR count). The predicted octanol–water partition coefficient (Wildman–Crippen LogP) is 4.93. The maximum absolute atomic E-state index is 11.8. The van der Waals surface area contributed by atoms with E-state index in [0.717, 1.165) is 5.70 Å². The Morgan fingerprint density at radius 2 is 1.32 bits per heavy atom. The van der Waals surface area contributed by atoms with E-state index < -0.39 is 47.5 Å². The monoisotopic (exact) mass is 612 g/mol. The Hall–Kier alpha value is 0.444. The molecule has 6 nitrogen and oxygen atoms in total. The van der Waals surface area contributed by atoms with Gasteiger partial charge in [0.1, 0.15) is 7.38 Å². The van der Waals surface area contributed by atoms with Crippen LogP contribution in [0.4, 0.5) is 26.3 Å². The predicted molar refractivity (Wildman–Crippen MR) is 93.0 cm³/mol. The van der Waals surface area contributed by atoms with E-state index in [1.54, 1.807) is 21.0 Å². The van der Waals surface area contributed by atoms with Crippen molar-refractivity contribution in [3.63, 3.8) is 0 Å². The second kappa shape index (κ2) is 14.4. The van der Waals surface area contributed by atoms with Gasteiger partial charge in [-0.05, 0) is 19.1 Å². The van der Waals surface area contributed by atoms with Crippen LogP contribution in [0.25, 0.3) is 0 Å². The quantitative estimate of drug-likeness (QED) is 0.147. The zero-order chi connectivity index (χ0) is 24.2. The summed E-state index contributed by atoms with van der Waals surface area (Å²) < 4.78 is 118. The first-order valence-corrected chi connectivity index (χ1v) is 16.9. The van der Waals surface area contributed by atoms with Crippen molar-refractivity contribution in [2.75, 3.05) is 0 Å². The van der Waals surface area contributed by atoms with Crippen LogP contribution in [0.15, 0.2) is 12.3 Å². The molecule has 0 aromatic rings. The maximum atomic E-state index is 11.8. The Balaban J connectivity index is -0.000000162. The SMILES string of the molecule is C=C[Si](C)(C)OS(=O)(=O)C(F)(F)F.CC[Si](C)(C)Cl.O=[S-](=O)C(F)(F)F.[O]=[Ag]. The van der Waals surface area contributed by atoms with Crippen LogP contribution in [-0.2, 0) is 57.4 Å². The van der Waals surface area contributed by atoms with E-state index in [1.165, 1.54) is 19.1 Å². The molecule has 0 N–H and O–H groups in total. The molecule has 0 fully saturated rings. The average Bonchev–Trinajstić information content (AvgIpc) is 2.46. The molecular weight excluding hydrogens is 594 g/mol. The normalized spacial score (nSPS) is 12.5. The summed E-state index contributed by atoms with van der Waals surface area (Å²) in [6.45, 7) is 12.2. The second-order valence-electron chi connectivity index (χ2n) is 5.54. The zero-order valence-corrected chi connectivity index (χ0v) is 21.1. The molecule has 28 heavy (non-hydrogen) atoms. The fraction of sp³-hybridized carbons (Fsp3) is 0.800. The van der Waals surface area contributed by atoms with E-state index in [9.17, 15) is 34.8 Å². The van der Waals surface area contributed by atoms with Gasteiger partial charge < -0.3 is 12.3 Å². The van der Waals surface area contributed by atoms with Crippen molar-refractivity contribution in [3.8, 4) is 0 Å². The standard InChI is InChI=1S/C5H9F3O3SSi.C4H11ClSi.CF3O2S.Ag.O/c1-4-13(2,3)11-12(9,10)5(6,7)8;1-4-6(2,3)5;2-1(3,4)7(5)6;;/h4H,1H2,2-3H3;4H2,1-3H3;;;/q;;-1;;. The molecule has 0 aromatic heterocycles. The topological polar surface area (TPSA) is 94.6 Å². The molecule has 0 amide bonds. The third kappa shape index (κ3) is 22.7. The molecule has 0 unspecified atom stereocenters. The van der Waals surface area contributed by atoms with Gasteiger partial charge in [0, 0.05) is 10.7 Å². The molecule has 0 saturated heterocycles. The number of rotatable bonds is 4. The van der Waals surface area contributed by atoms with Gasteiger partial charge in [0.15, 0.2) is 0 Å². The number of hydrogen-bond donors (Lipinski definition) is 0. The van der Waals surface area contributed by atoms with Crippen LogP contribution in [0.3, 0.4) is 0 Å².